The maximum atomic E-state index is 6.29. The standard InChI is InChI=1S/C14H16BrClN2S/c1-14(2,3)11-7-19-13(18-11)12(17)9-6-8(15)4-5-10(9)16/h4-7,12H,17H2,1-3H3. The van der Waals surface area contributed by atoms with E-state index in [2.05, 4.69) is 47.1 Å². The molecule has 19 heavy (non-hydrogen) atoms. The van der Waals surface area contributed by atoms with Crippen LogP contribution < -0.4 is 5.73 Å². The number of hydrogen-bond acceptors (Lipinski definition) is 3. The van der Waals surface area contributed by atoms with Gasteiger partial charge in [0.05, 0.1) is 11.7 Å². The van der Waals surface area contributed by atoms with Crippen LogP contribution in [0.5, 0.6) is 0 Å². The molecule has 0 radical (unpaired) electrons. The first-order valence-corrected chi connectivity index (χ1v) is 8.00. The van der Waals surface area contributed by atoms with Gasteiger partial charge in [0.25, 0.3) is 0 Å². The highest BCUT2D eigenvalue weighted by Crippen LogP contribution is 2.32. The van der Waals surface area contributed by atoms with E-state index in [1.54, 1.807) is 11.3 Å². The van der Waals surface area contributed by atoms with Crippen LogP contribution in [0.15, 0.2) is 28.1 Å². The first kappa shape index (κ1) is 15.0. The van der Waals surface area contributed by atoms with Crippen molar-refractivity contribution in [1.82, 2.24) is 4.98 Å². The average molecular weight is 360 g/mol. The summed E-state index contributed by atoms with van der Waals surface area (Å²) in [5.41, 5.74) is 8.28. The molecule has 0 aliphatic carbocycles. The van der Waals surface area contributed by atoms with Crippen LogP contribution >= 0.6 is 38.9 Å². The molecule has 0 bridgehead atoms. The van der Waals surface area contributed by atoms with Crippen LogP contribution in [0.25, 0.3) is 0 Å². The zero-order chi connectivity index (χ0) is 14.2. The Balaban J connectivity index is 2.36. The summed E-state index contributed by atoms with van der Waals surface area (Å²) in [5.74, 6) is 0. The summed E-state index contributed by atoms with van der Waals surface area (Å²) in [6.45, 7) is 6.43. The molecule has 1 aromatic heterocycles. The van der Waals surface area contributed by atoms with E-state index < -0.39 is 0 Å². The Labute approximate surface area is 131 Å². The smallest absolute Gasteiger partial charge is 0.114 e. The highest BCUT2D eigenvalue weighted by atomic mass is 79.9. The molecule has 2 nitrogen and oxygen atoms in total. The summed E-state index contributed by atoms with van der Waals surface area (Å²) in [7, 11) is 0. The fraction of sp³-hybridized carbons (Fsp3) is 0.357. The molecule has 1 heterocycles. The van der Waals surface area contributed by atoms with Crippen molar-refractivity contribution in [2.45, 2.75) is 32.2 Å². The normalized spacial score (nSPS) is 13.6. The SMILES string of the molecule is CC(C)(C)c1csc(C(N)c2cc(Br)ccc2Cl)n1. The first-order valence-electron chi connectivity index (χ1n) is 5.95. The third-order valence-corrected chi connectivity index (χ3v) is 4.61. The number of benzene rings is 1. The van der Waals surface area contributed by atoms with Gasteiger partial charge in [0.1, 0.15) is 5.01 Å². The lowest BCUT2D eigenvalue weighted by atomic mass is 9.93. The molecule has 1 unspecified atom stereocenters. The minimum atomic E-state index is -0.286. The molecular weight excluding hydrogens is 344 g/mol. The third-order valence-electron chi connectivity index (χ3n) is 2.85. The van der Waals surface area contributed by atoms with Crippen LogP contribution in [0, 0.1) is 0 Å². The first-order chi connectivity index (χ1) is 8.79. The average Bonchev–Trinajstić information content (AvgIpc) is 2.80. The molecule has 0 saturated carbocycles. The summed E-state index contributed by atoms with van der Waals surface area (Å²) in [6, 6.07) is 5.41. The van der Waals surface area contributed by atoms with E-state index in [1.165, 1.54) is 0 Å². The van der Waals surface area contributed by atoms with Gasteiger partial charge >= 0.3 is 0 Å². The van der Waals surface area contributed by atoms with E-state index in [0.29, 0.717) is 5.02 Å². The highest BCUT2D eigenvalue weighted by Gasteiger charge is 2.21. The van der Waals surface area contributed by atoms with Gasteiger partial charge in [0.15, 0.2) is 0 Å². The van der Waals surface area contributed by atoms with Crippen molar-refractivity contribution in [3.63, 3.8) is 0 Å². The third kappa shape index (κ3) is 3.37. The maximum Gasteiger partial charge on any atom is 0.114 e. The van der Waals surface area contributed by atoms with Gasteiger partial charge in [-0.1, -0.05) is 48.3 Å². The minimum absolute atomic E-state index is 0.0372. The lowest BCUT2D eigenvalue weighted by molar-refractivity contribution is 0.569. The zero-order valence-corrected chi connectivity index (χ0v) is 14.2. The monoisotopic (exact) mass is 358 g/mol. The zero-order valence-electron chi connectivity index (χ0n) is 11.1. The van der Waals surface area contributed by atoms with Gasteiger partial charge in [-0.15, -0.1) is 11.3 Å². The van der Waals surface area contributed by atoms with Crippen LogP contribution in [0.1, 0.15) is 43.1 Å². The largest absolute Gasteiger partial charge is 0.318 e. The number of thiazole rings is 1. The molecule has 2 aromatic rings. The van der Waals surface area contributed by atoms with Gasteiger partial charge in [-0.05, 0) is 23.8 Å². The van der Waals surface area contributed by atoms with Crippen LogP contribution in [-0.2, 0) is 5.41 Å². The lowest BCUT2D eigenvalue weighted by Gasteiger charge is -2.15. The van der Waals surface area contributed by atoms with E-state index in [-0.39, 0.29) is 11.5 Å². The van der Waals surface area contributed by atoms with Crippen molar-refractivity contribution >= 4 is 38.9 Å². The molecule has 0 aliphatic rings. The molecule has 5 heteroatoms. The van der Waals surface area contributed by atoms with Gasteiger partial charge in [-0.3, -0.25) is 0 Å². The second-order valence-electron chi connectivity index (χ2n) is 5.46. The predicted molar refractivity (Wildman–Crippen MR) is 86.0 cm³/mol. The molecule has 0 amide bonds. The van der Waals surface area contributed by atoms with Crippen LogP contribution in [0.4, 0.5) is 0 Å². The molecule has 0 saturated heterocycles. The molecule has 2 rings (SSSR count). The topological polar surface area (TPSA) is 38.9 Å². The van der Waals surface area contributed by atoms with Crippen LogP contribution in [-0.4, -0.2) is 4.98 Å². The van der Waals surface area contributed by atoms with Gasteiger partial charge in [-0.2, -0.15) is 0 Å². The quantitative estimate of drug-likeness (QED) is 0.828. The number of halogens is 2. The Morgan fingerprint density at radius 3 is 2.63 bits per heavy atom. The van der Waals surface area contributed by atoms with Crippen molar-refractivity contribution in [2.24, 2.45) is 5.73 Å². The fourth-order valence-electron chi connectivity index (χ4n) is 1.66. The number of nitrogens with two attached hydrogens (primary N) is 1. The van der Waals surface area contributed by atoms with E-state index in [1.807, 2.05) is 18.2 Å². The lowest BCUT2D eigenvalue weighted by Crippen LogP contribution is -2.15. The Morgan fingerprint density at radius 1 is 1.37 bits per heavy atom. The van der Waals surface area contributed by atoms with E-state index in [4.69, 9.17) is 17.3 Å². The Hall–Kier alpha value is -0.420. The van der Waals surface area contributed by atoms with Crippen molar-refractivity contribution in [3.05, 3.63) is 49.3 Å². The van der Waals surface area contributed by atoms with Crippen LogP contribution in [0.3, 0.4) is 0 Å². The number of rotatable bonds is 2. The maximum absolute atomic E-state index is 6.29. The molecule has 102 valence electrons. The molecule has 2 N–H and O–H groups in total. The second kappa shape index (κ2) is 5.52. The Kier molecular flexibility index (Phi) is 4.35. The molecule has 1 aromatic carbocycles. The summed E-state index contributed by atoms with van der Waals surface area (Å²) in [5, 5.41) is 3.63. The molecule has 0 aliphatic heterocycles. The van der Waals surface area contributed by atoms with Crippen molar-refractivity contribution in [2.75, 3.05) is 0 Å². The van der Waals surface area contributed by atoms with Crippen LogP contribution in [0.2, 0.25) is 5.02 Å². The number of nitrogens with zero attached hydrogens (tertiary/aromatic N) is 1. The Bertz CT molecular complexity index is 589. The molecule has 0 fully saturated rings. The summed E-state index contributed by atoms with van der Waals surface area (Å²) in [4.78, 5) is 4.65. The Morgan fingerprint density at radius 2 is 2.05 bits per heavy atom. The summed E-state index contributed by atoms with van der Waals surface area (Å²) >= 11 is 11.2. The van der Waals surface area contributed by atoms with E-state index in [9.17, 15) is 0 Å². The second-order valence-corrected chi connectivity index (χ2v) is 7.68. The van der Waals surface area contributed by atoms with E-state index in [0.717, 1.165) is 20.7 Å². The van der Waals surface area contributed by atoms with Gasteiger partial charge < -0.3 is 5.73 Å². The summed E-state index contributed by atoms with van der Waals surface area (Å²) < 4.78 is 0.968. The number of hydrogen-bond donors (Lipinski definition) is 1. The molecule has 0 spiro atoms. The summed E-state index contributed by atoms with van der Waals surface area (Å²) in [6.07, 6.45) is 0. The van der Waals surface area contributed by atoms with Gasteiger partial charge in [0, 0.05) is 20.3 Å². The van der Waals surface area contributed by atoms with Crippen molar-refractivity contribution in [3.8, 4) is 0 Å². The predicted octanol–water partition coefficient (Wildman–Crippen LogP) is 4.90. The van der Waals surface area contributed by atoms with Gasteiger partial charge in [-0.25, -0.2) is 4.98 Å². The van der Waals surface area contributed by atoms with Gasteiger partial charge in [0.2, 0.25) is 0 Å². The molecular formula is C14H16BrClN2S. The molecule has 1 atom stereocenters. The van der Waals surface area contributed by atoms with Crippen molar-refractivity contribution < 1.29 is 0 Å². The van der Waals surface area contributed by atoms with E-state index >= 15 is 0 Å². The fourth-order valence-corrected chi connectivity index (χ4v) is 3.34. The minimum Gasteiger partial charge on any atom is -0.318 e. The van der Waals surface area contributed by atoms with Crippen molar-refractivity contribution in [1.29, 1.82) is 0 Å². The number of aromatic nitrogens is 1. The highest BCUT2D eigenvalue weighted by molar-refractivity contribution is 9.10.